The second-order valence-corrected chi connectivity index (χ2v) is 3.26. The Morgan fingerprint density at radius 3 is 3.08 bits per heavy atom. The summed E-state index contributed by atoms with van der Waals surface area (Å²) in [7, 11) is 0. The predicted molar refractivity (Wildman–Crippen MR) is 48.8 cm³/mol. The molecule has 12 heavy (non-hydrogen) atoms. The first-order valence-corrected chi connectivity index (χ1v) is 4.85. The van der Waals surface area contributed by atoms with Crippen LogP contribution in [0.2, 0.25) is 0 Å². The normalized spacial score (nSPS) is 19.7. The second-order valence-electron chi connectivity index (χ2n) is 3.26. The fourth-order valence-corrected chi connectivity index (χ4v) is 1.35. The van der Waals surface area contributed by atoms with E-state index in [9.17, 15) is 5.11 Å². The van der Waals surface area contributed by atoms with E-state index in [1.54, 1.807) is 0 Å². The summed E-state index contributed by atoms with van der Waals surface area (Å²) in [5.41, 5.74) is 0. The van der Waals surface area contributed by atoms with Gasteiger partial charge in [0.25, 0.3) is 0 Å². The number of rotatable bonds is 4. The Kier molecular flexibility index (Phi) is 4.15. The summed E-state index contributed by atoms with van der Waals surface area (Å²) in [6.45, 7) is 2.90. The molecule has 0 aliphatic carbocycles. The van der Waals surface area contributed by atoms with Crippen molar-refractivity contribution in [3.8, 4) is 0 Å². The van der Waals surface area contributed by atoms with Crippen LogP contribution in [0, 0.1) is 0 Å². The lowest BCUT2D eigenvalue weighted by Gasteiger charge is -2.19. The molecule has 1 heterocycles. The molecule has 0 bridgehead atoms. The van der Waals surface area contributed by atoms with Crippen molar-refractivity contribution < 1.29 is 9.84 Å². The molecule has 0 aromatic carbocycles. The van der Waals surface area contributed by atoms with Crippen LogP contribution in [0.1, 0.15) is 39.0 Å². The lowest BCUT2D eigenvalue weighted by Crippen LogP contribution is -2.16. The maximum absolute atomic E-state index is 9.61. The Morgan fingerprint density at radius 1 is 1.67 bits per heavy atom. The lowest BCUT2D eigenvalue weighted by molar-refractivity contribution is 0.0853. The molecular weight excluding hydrogens is 152 g/mol. The fourth-order valence-electron chi connectivity index (χ4n) is 1.35. The number of allylic oxidation sites excluding steroid dienone is 1. The highest BCUT2D eigenvalue weighted by Gasteiger charge is 2.13. The number of hydrogen-bond donors (Lipinski definition) is 1. The Hall–Kier alpha value is -0.500. The molecule has 1 unspecified atom stereocenters. The molecule has 1 N–H and O–H groups in total. The summed E-state index contributed by atoms with van der Waals surface area (Å²) in [5.74, 6) is 0.801. The zero-order chi connectivity index (χ0) is 8.81. The van der Waals surface area contributed by atoms with Crippen LogP contribution in [0.25, 0.3) is 0 Å². The Labute approximate surface area is 74.2 Å². The van der Waals surface area contributed by atoms with E-state index in [2.05, 4.69) is 6.92 Å². The molecule has 1 aliphatic heterocycles. The SMILES string of the molecule is CCCCC(O)C1=CCCCO1. The summed E-state index contributed by atoms with van der Waals surface area (Å²) in [6.07, 6.45) is 6.84. The van der Waals surface area contributed by atoms with Gasteiger partial charge in [-0.1, -0.05) is 19.8 Å². The summed E-state index contributed by atoms with van der Waals surface area (Å²) < 4.78 is 5.35. The molecule has 2 heteroatoms. The van der Waals surface area contributed by atoms with Crippen molar-refractivity contribution in [1.29, 1.82) is 0 Å². The highest BCUT2D eigenvalue weighted by molar-refractivity contribution is 5.01. The summed E-state index contributed by atoms with van der Waals surface area (Å²) in [6, 6.07) is 0. The molecule has 0 aromatic heterocycles. The summed E-state index contributed by atoms with van der Waals surface area (Å²) in [5, 5.41) is 9.61. The molecule has 0 radical (unpaired) electrons. The van der Waals surface area contributed by atoms with Crippen LogP contribution in [-0.4, -0.2) is 17.8 Å². The maximum Gasteiger partial charge on any atom is 0.120 e. The van der Waals surface area contributed by atoms with Crippen LogP contribution < -0.4 is 0 Å². The second kappa shape index (κ2) is 5.20. The standard InChI is InChI=1S/C10H18O2/c1-2-3-6-9(11)10-7-4-5-8-12-10/h7,9,11H,2-6,8H2,1H3. The van der Waals surface area contributed by atoms with E-state index in [0.717, 1.165) is 44.5 Å². The molecule has 2 nitrogen and oxygen atoms in total. The molecule has 0 saturated carbocycles. The van der Waals surface area contributed by atoms with Gasteiger partial charge in [0.15, 0.2) is 0 Å². The zero-order valence-corrected chi connectivity index (χ0v) is 7.75. The number of hydrogen-bond acceptors (Lipinski definition) is 2. The molecule has 1 aliphatic rings. The van der Waals surface area contributed by atoms with Gasteiger partial charge in [-0.2, -0.15) is 0 Å². The van der Waals surface area contributed by atoms with Crippen LogP contribution in [0.3, 0.4) is 0 Å². The van der Waals surface area contributed by atoms with Gasteiger partial charge in [-0.3, -0.25) is 0 Å². The summed E-state index contributed by atoms with van der Waals surface area (Å²) >= 11 is 0. The van der Waals surface area contributed by atoms with Gasteiger partial charge in [0.05, 0.1) is 6.61 Å². The van der Waals surface area contributed by atoms with Crippen LogP contribution >= 0.6 is 0 Å². The molecule has 0 saturated heterocycles. The minimum atomic E-state index is -0.356. The van der Waals surface area contributed by atoms with Crippen LogP contribution in [-0.2, 0) is 4.74 Å². The number of ether oxygens (including phenoxy) is 1. The minimum Gasteiger partial charge on any atom is -0.496 e. The average Bonchev–Trinajstić information content (AvgIpc) is 2.15. The van der Waals surface area contributed by atoms with E-state index in [4.69, 9.17) is 4.74 Å². The quantitative estimate of drug-likeness (QED) is 0.701. The topological polar surface area (TPSA) is 29.5 Å². The molecule has 0 amide bonds. The molecule has 0 spiro atoms. The molecular formula is C10H18O2. The van der Waals surface area contributed by atoms with E-state index < -0.39 is 0 Å². The highest BCUT2D eigenvalue weighted by atomic mass is 16.5. The molecule has 1 rings (SSSR count). The van der Waals surface area contributed by atoms with Gasteiger partial charge < -0.3 is 9.84 Å². The Balaban J connectivity index is 2.29. The van der Waals surface area contributed by atoms with Gasteiger partial charge in [0, 0.05) is 0 Å². The van der Waals surface area contributed by atoms with Gasteiger partial charge in [-0.05, 0) is 25.3 Å². The van der Waals surface area contributed by atoms with Crippen molar-refractivity contribution in [2.75, 3.05) is 6.61 Å². The van der Waals surface area contributed by atoms with Gasteiger partial charge in [-0.25, -0.2) is 0 Å². The highest BCUT2D eigenvalue weighted by Crippen LogP contribution is 2.17. The van der Waals surface area contributed by atoms with Crippen LogP contribution in [0.4, 0.5) is 0 Å². The van der Waals surface area contributed by atoms with Crippen molar-refractivity contribution in [2.45, 2.75) is 45.1 Å². The number of aliphatic hydroxyl groups excluding tert-OH is 1. The Bertz CT molecular complexity index is 152. The van der Waals surface area contributed by atoms with E-state index in [0.29, 0.717) is 0 Å². The van der Waals surface area contributed by atoms with Crippen molar-refractivity contribution in [1.82, 2.24) is 0 Å². The van der Waals surface area contributed by atoms with Crippen molar-refractivity contribution in [3.05, 3.63) is 11.8 Å². The third-order valence-corrected chi connectivity index (χ3v) is 2.12. The molecule has 1 atom stereocenters. The van der Waals surface area contributed by atoms with Crippen molar-refractivity contribution in [2.24, 2.45) is 0 Å². The van der Waals surface area contributed by atoms with E-state index in [-0.39, 0.29) is 6.10 Å². The first-order valence-electron chi connectivity index (χ1n) is 4.85. The zero-order valence-electron chi connectivity index (χ0n) is 7.75. The number of aliphatic hydroxyl groups is 1. The lowest BCUT2D eigenvalue weighted by atomic mass is 10.1. The van der Waals surface area contributed by atoms with E-state index in [1.807, 2.05) is 6.08 Å². The molecule has 70 valence electrons. The van der Waals surface area contributed by atoms with Gasteiger partial charge in [0.1, 0.15) is 11.9 Å². The predicted octanol–water partition coefficient (Wildman–Crippen LogP) is 2.23. The van der Waals surface area contributed by atoms with Gasteiger partial charge in [0.2, 0.25) is 0 Å². The molecule has 0 aromatic rings. The van der Waals surface area contributed by atoms with Gasteiger partial charge in [-0.15, -0.1) is 0 Å². The van der Waals surface area contributed by atoms with E-state index >= 15 is 0 Å². The van der Waals surface area contributed by atoms with Crippen molar-refractivity contribution in [3.63, 3.8) is 0 Å². The maximum atomic E-state index is 9.61. The average molecular weight is 170 g/mol. The largest absolute Gasteiger partial charge is 0.496 e. The van der Waals surface area contributed by atoms with Crippen LogP contribution in [0.15, 0.2) is 11.8 Å². The smallest absolute Gasteiger partial charge is 0.120 e. The summed E-state index contributed by atoms with van der Waals surface area (Å²) in [4.78, 5) is 0. The van der Waals surface area contributed by atoms with Crippen molar-refractivity contribution >= 4 is 0 Å². The molecule has 0 fully saturated rings. The number of unbranched alkanes of at least 4 members (excludes halogenated alkanes) is 1. The monoisotopic (exact) mass is 170 g/mol. The first kappa shape index (κ1) is 9.59. The first-order chi connectivity index (χ1) is 5.84. The van der Waals surface area contributed by atoms with E-state index in [1.165, 1.54) is 0 Å². The van der Waals surface area contributed by atoms with Gasteiger partial charge >= 0.3 is 0 Å². The Morgan fingerprint density at radius 2 is 2.50 bits per heavy atom. The third kappa shape index (κ3) is 2.86. The third-order valence-electron chi connectivity index (χ3n) is 2.12. The fraction of sp³-hybridized carbons (Fsp3) is 0.800. The van der Waals surface area contributed by atoms with Crippen LogP contribution in [0.5, 0.6) is 0 Å². The minimum absolute atomic E-state index is 0.356.